The van der Waals surface area contributed by atoms with E-state index < -0.39 is 0 Å². The molecule has 2 amide bonds. The van der Waals surface area contributed by atoms with Crippen molar-refractivity contribution >= 4 is 11.8 Å². The summed E-state index contributed by atoms with van der Waals surface area (Å²) in [5.41, 5.74) is 7.73. The van der Waals surface area contributed by atoms with Gasteiger partial charge in [0, 0.05) is 43.1 Å². The molecule has 224 valence electrons. The summed E-state index contributed by atoms with van der Waals surface area (Å²) < 4.78 is 7.52. The van der Waals surface area contributed by atoms with E-state index in [1.54, 1.807) is 7.11 Å². The number of aromatic nitrogens is 1. The van der Waals surface area contributed by atoms with E-state index >= 15 is 0 Å². The van der Waals surface area contributed by atoms with Gasteiger partial charge < -0.3 is 19.1 Å². The van der Waals surface area contributed by atoms with Gasteiger partial charge in [0.1, 0.15) is 5.75 Å². The van der Waals surface area contributed by atoms with E-state index in [0.717, 1.165) is 34.8 Å². The molecule has 0 spiro atoms. The fourth-order valence-corrected chi connectivity index (χ4v) is 5.86. The van der Waals surface area contributed by atoms with Crippen molar-refractivity contribution in [2.24, 2.45) is 0 Å². The average molecular weight is 578 g/mol. The first-order valence-electron chi connectivity index (χ1n) is 15.5. The summed E-state index contributed by atoms with van der Waals surface area (Å²) in [5.74, 6) is 0.821. The SMILES string of the molecule is CCCCCCc1ccc(C(=O)N2CCN(C(=O)c3cc(-c4ccc(OC)cc4)n(-c4ccc(C)cc4)c3C)CC2)cc1. The van der Waals surface area contributed by atoms with Gasteiger partial charge in [0.05, 0.1) is 18.4 Å². The summed E-state index contributed by atoms with van der Waals surface area (Å²) in [6.45, 7) is 8.35. The van der Waals surface area contributed by atoms with Crippen LogP contribution in [0.2, 0.25) is 0 Å². The standard InChI is InChI=1S/C37H43N3O3/c1-5-6-7-8-9-29-12-14-31(15-13-29)36(41)38-22-24-39(25-23-38)37(42)34-26-35(30-16-20-33(43-4)21-17-30)40(28(34)3)32-18-10-27(2)11-19-32/h10-21,26H,5-9,22-25H2,1-4H3. The number of carbonyl (C=O) groups excluding carboxylic acids is 2. The van der Waals surface area contributed by atoms with Crippen molar-refractivity contribution in [2.75, 3.05) is 33.3 Å². The number of hydrogen-bond donors (Lipinski definition) is 0. The smallest absolute Gasteiger partial charge is 0.255 e. The number of unbranched alkanes of at least 4 members (excludes halogenated alkanes) is 3. The number of ether oxygens (including phenoxy) is 1. The number of piperazine rings is 1. The monoisotopic (exact) mass is 577 g/mol. The molecule has 5 rings (SSSR count). The zero-order valence-corrected chi connectivity index (χ0v) is 25.9. The van der Waals surface area contributed by atoms with Crippen LogP contribution in [0.15, 0.2) is 78.9 Å². The zero-order chi connectivity index (χ0) is 30.3. The third kappa shape index (κ3) is 6.85. The molecule has 6 nitrogen and oxygen atoms in total. The van der Waals surface area contributed by atoms with Crippen molar-refractivity contribution in [1.82, 2.24) is 14.4 Å². The van der Waals surface area contributed by atoms with E-state index in [4.69, 9.17) is 4.74 Å². The van der Waals surface area contributed by atoms with Crippen molar-refractivity contribution in [3.05, 3.63) is 107 Å². The molecule has 1 aromatic heterocycles. The summed E-state index contributed by atoms with van der Waals surface area (Å²) in [6, 6.07) is 26.4. The van der Waals surface area contributed by atoms with Crippen LogP contribution in [0.25, 0.3) is 16.9 Å². The Morgan fingerprint density at radius 1 is 0.744 bits per heavy atom. The van der Waals surface area contributed by atoms with Crippen LogP contribution in [0.1, 0.15) is 70.1 Å². The van der Waals surface area contributed by atoms with E-state index in [1.165, 1.54) is 36.8 Å². The van der Waals surface area contributed by atoms with Gasteiger partial charge >= 0.3 is 0 Å². The molecule has 0 unspecified atom stereocenters. The van der Waals surface area contributed by atoms with Crippen LogP contribution in [-0.4, -0.2) is 59.5 Å². The first-order valence-corrected chi connectivity index (χ1v) is 15.5. The number of nitrogens with zero attached hydrogens (tertiary/aromatic N) is 3. The molecule has 2 heterocycles. The molecule has 1 aliphatic rings. The molecule has 3 aromatic carbocycles. The number of hydrogen-bond acceptors (Lipinski definition) is 3. The van der Waals surface area contributed by atoms with Crippen LogP contribution < -0.4 is 4.74 Å². The lowest BCUT2D eigenvalue weighted by molar-refractivity contribution is 0.0535. The molecule has 0 aliphatic carbocycles. The van der Waals surface area contributed by atoms with Gasteiger partial charge in [-0.2, -0.15) is 0 Å². The summed E-state index contributed by atoms with van der Waals surface area (Å²) in [6.07, 6.45) is 6.00. The lowest BCUT2D eigenvalue weighted by atomic mass is 10.0. The number of aryl methyl sites for hydroxylation is 2. The van der Waals surface area contributed by atoms with E-state index in [2.05, 4.69) is 54.8 Å². The minimum absolute atomic E-state index is 0.00218. The van der Waals surface area contributed by atoms with Gasteiger partial charge in [0.25, 0.3) is 11.8 Å². The van der Waals surface area contributed by atoms with Crippen molar-refractivity contribution < 1.29 is 14.3 Å². The molecule has 0 radical (unpaired) electrons. The molecule has 0 N–H and O–H groups in total. The largest absolute Gasteiger partial charge is 0.497 e. The number of benzene rings is 3. The molecule has 1 fully saturated rings. The van der Waals surface area contributed by atoms with Gasteiger partial charge in [-0.3, -0.25) is 9.59 Å². The van der Waals surface area contributed by atoms with Crippen molar-refractivity contribution in [2.45, 2.75) is 52.9 Å². The van der Waals surface area contributed by atoms with Gasteiger partial charge in [-0.05, 0) is 92.4 Å². The molecule has 6 heteroatoms. The summed E-state index contributed by atoms with van der Waals surface area (Å²) in [4.78, 5) is 30.9. The third-order valence-corrected chi connectivity index (χ3v) is 8.53. The van der Waals surface area contributed by atoms with Crippen LogP contribution in [0.5, 0.6) is 5.75 Å². The van der Waals surface area contributed by atoms with Crippen molar-refractivity contribution in [3.63, 3.8) is 0 Å². The Kier molecular flexibility index (Phi) is 9.65. The second-order valence-corrected chi connectivity index (χ2v) is 11.5. The number of amides is 2. The number of methoxy groups -OCH3 is 1. The normalized spacial score (nSPS) is 13.3. The molecule has 0 bridgehead atoms. The molecule has 4 aromatic rings. The Bertz CT molecular complexity index is 1530. The predicted molar refractivity (Wildman–Crippen MR) is 173 cm³/mol. The van der Waals surface area contributed by atoms with Gasteiger partial charge in [-0.25, -0.2) is 0 Å². The Labute approximate surface area is 255 Å². The van der Waals surface area contributed by atoms with E-state index in [9.17, 15) is 9.59 Å². The first kappa shape index (κ1) is 30.1. The summed E-state index contributed by atoms with van der Waals surface area (Å²) >= 11 is 0. The Morgan fingerprint density at radius 2 is 1.37 bits per heavy atom. The lowest BCUT2D eigenvalue weighted by Gasteiger charge is -2.35. The summed E-state index contributed by atoms with van der Waals surface area (Å²) in [7, 11) is 1.66. The summed E-state index contributed by atoms with van der Waals surface area (Å²) in [5, 5.41) is 0. The molecule has 0 saturated carbocycles. The lowest BCUT2D eigenvalue weighted by Crippen LogP contribution is -2.50. The maximum Gasteiger partial charge on any atom is 0.255 e. The third-order valence-electron chi connectivity index (χ3n) is 8.53. The maximum absolute atomic E-state index is 13.9. The molecule has 43 heavy (non-hydrogen) atoms. The molecular weight excluding hydrogens is 534 g/mol. The van der Waals surface area contributed by atoms with Gasteiger partial charge in [0.2, 0.25) is 0 Å². The minimum Gasteiger partial charge on any atom is -0.497 e. The van der Waals surface area contributed by atoms with Gasteiger partial charge in [0.15, 0.2) is 0 Å². The quantitative estimate of drug-likeness (QED) is 0.184. The maximum atomic E-state index is 13.9. The highest BCUT2D eigenvalue weighted by molar-refractivity contribution is 5.98. The Hall–Kier alpha value is -4.32. The second-order valence-electron chi connectivity index (χ2n) is 11.5. The Balaban J connectivity index is 1.30. The van der Waals surface area contributed by atoms with Crippen LogP contribution in [-0.2, 0) is 6.42 Å². The molecule has 1 aliphatic heterocycles. The van der Waals surface area contributed by atoms with Crippen molar-refractivity contribution in [3.8, 4) is 22.7 Å². The average Bonchev–Trinajstić information content (AvgIpc) is 3.40. The highest BCUT2D eigenvalue weighted by Gasteiger charge is 2.28. The Morgan fingerprint density at radius 3 is 1.98 bits per heavy atom. The van der Waals surface area contributed by atoms with E-state index in [-0.39, 0.29) is 11.8 Å². The zero-order valence-electron chi connectivity index (χ0n) is 25.9. The van der Waals surface area contributed by atoms with E-state index in [1.807, 2.05) is 59.2 Å². The fourth-order valence-electron chi connectivity index (χ4n) is 5.86. The van der Waals surface area contributed by atoms with Crippen LogP contribution >= 0.6 is 0 Å². The highest BCUT2D eigenvalue weighted by Crippen LogP contribution is 2.32. The molecular formula is C37H43N3O3. The fraction of sp³-hybridized carbons (Fsp3) is 0.351. The van der Waals surface area contributed by atoms with Gasteiger partial charge in [-0.1, -0.05) is 56.0 Å². The first-order chi connectivity index (χ1) is 20.9. The number of carbonyl (C=O) groups is 2. The minimum atomic E-state index is -0.00218. The van der Waals surface area contributed by atoms with Crippen LogP contribution in [0.3, 0.4) is 0 Å². The molecule has 0 atom stereocenters. The predicted octanol–water partition coefficient (Wildman–Crippen LogP) is 7.49. The van der Waals surface area contributed by atoms with Crippen LogP contribution in [0, 0.1) is 13.8 Å². The van der Waals surface area contributed by atoms with Crippen LogP contribution in [0.4, 0.5) is 0 Å². The topological polar surface area (TPSA) is 54.8 Å². The van der Waals surface area contributed by atoms with E-state index in [0.29, 0.717) is 37.3 Å². The number of rotatable bonds is 10. The van der Waals surface area contributed by atoms with Gasteiger partial charge in [-0.15, -0.1) is 0 Å². The molecule has 1 saturated heterocycles. The highest BCUT2D eigenvalue weighted by atomic mass is 16.5. The van der Waals surface area contributed by atoms with Crippen molar-refractivity contribution in [1.29, 1.82) is 0 Å². The second kappa shape index (κ2) is 13.8.